The molecule has 24 heavy (non-hydrogen) atoms. The maximum atomic E-state index is 13.2. The summed E-state index contributed by atoms with van der Waals surface area (Å²) in [6, 6.07) is 13.9. The van der Waals surface area contributed by atoms with Gasteiger partial charge < -0.3 is 10.2 Å². The molecule has 0 spiro atoms. The van der Waals surface area contributed by atoms with Crippen LogP contribution in [0.15, 0.2) is 48.5 Å². The number of aryl methyl sites for hydroxylation is 1. The van der Waals surface area contributed by atoms with Crippen molar-refractivity contribution >= 4 is 17.5 Å². The molecule has 5 heteroatoms. The third-order valence-electron chi connectivity index (χ3n) is 4.28. The molecular formula is C19H19FN2O2. The Kier molecular flexibility index (Phi) is 4.60. The number of nitrogens with zero attached hydrogens (tertiary/aromatic N) is 1. The number of halogens is 1. The summed E-state index contributed by atoms with van der Waals surface area (Å²) in [5.41, 5.74) is 2.34. The Labute approximate surface area is 140 Å². The van der Waals surface area contributed by atoms with E-state index in [-0.39, 0.29) is 17.6 Å². The summed E-state index contributed by atoms with van der Waals surface area (Å²) >= 11 is 0. The molecule has 2 aromatic carbocycles. The van der Waals surface area contributed by atoms with Gasteiger partial charge in [-0.05, 0) is 42.7 Å². The van der Waals surface area contributed by atoms with E-state index in [2.05, 4.69) is 5.32 Å². The van der Waals surface area contributed by atoms with Gasteiger partial charge in [-0.2, -0.15) is 0 Å². The first-order valence-electron chi connectivity index (χ1n) is 7.95. The van der Waals surface area contributed by atoms with E-state index >= 15 is 0 Å². The predicted molar refractivity (Wildman–Crippen MR) is 89.9 cm³/mol. The summed E-state index contributed by atoms with van der Waals surface area (Å²) in [4.78, 5) is 26.5. The lowest BCUT2D eigenvalue weighted by molar-refractivity contribution is -0.132. The molecule has 0 aromatic heterocycles. The first kappa shape index (κ1) is 16.2. The van der Waals surface area contributed by atoms with Gasteiger partial charge in [-0.15, -0.1) is 0 Å². The SMILES string of the molecule is Cc1cc(F)ccc1N1CCC(C(=O)NCc2ccccc2)C1=O. The van der Waals surface area contributed by atoms with E-state index in [1.165, 1.54) is 12.1 Å². The molecule has 2 amide bonds. The monoisotopic (exact) mass is 326 g/mol. The highest BCUT2D eigenvalue weighted by Gasteiger charge is 2.37. The molecular weight excluding hydrogens is 307 g/mol. The molecule has 124 valence electrons. The summed E-state index contributed by atoms with van der Waals surface area (Å²) in [6.07, 6.45) is 0.469. The van der Waals surface area contributed by atoms with Gasteiger partial charge in [-0.3, -0.25) is 9.59 Å². The van der Waals surface area contributed by atoms with Crippen LogP contribution in [0, 0.1) is 18.7 Å². The second-order valence-electron chi connectivity index (χ2n) is 5.97. The summed E-state index contributed by atoms with van der Waals surface area (Å²) < 4.78 is 13.2. The number of nitrogens with one attached hydrogen (secondary N) is 1. The molecule has 0 aliphatic carbocycles. The summed E-state index contributed by atoms with van der Waals surface area (Å²) in [6.45, 7) is 2.63. The Bertz CT molecular complexity index is 761. The van der Waals surface area contributed by atoms with E-state index in [9.17, 15) is 14.0 Å². The molecule has 1 atom stereocenters. The Morgan fingerprint density at radius 2 is 2.00 bits per heavy atom. The fourth-order valence-corrected chi connectivity index (χ4v) is 2.99. The van der Waals surface area contributed by atoms with Crippen LogP contribution < -0.4 is 10.2 Å². The molecule has 4 nitrogen and oxygen atoms in total. The lowest BCUT2D eigenvalue weighted by Gasteiger charge is -2.19. The smallest absolute Gasteiger partial charge is 0.239 e. The van der Waals surface area contributed by atoms with Crippen molar-refractivity contribution in [3.63, 3.8) is 0 Å². The van der Waals surface area contributed by atoms with Crippen molar-refractivity contribution in [1.82, 2.24) is 5.32 Å². The number of anilines is 1. The topological polar surface area (TPSA) is 49.4 Å². The van der Waals surface area contributed by atoms with E-state index in [1.807, 2.05) is 30.3 Å². The minimum Gasteiger partial charge on any atom is -0.351 e. The Morgan fingerprint density at radius 3 is 2.71 bits per heavy atom. The van der Waals surface area contributed by atoms with Gasteiger partial charge >= 0.3 is 0 Å². The maximum Gasteiger partial charge on any atom is 0.239 e. The van der Waals surface area contributed by atoms with Crippen molar-refractivity contribution in [3.05, 3.63) is 65.5 Å². The second kappa shape index (κ2) is 6.83. The zero-order valence-corrected chi connectivity index (χ0v) is 13.5. The maximum absolute atomic E-state index is 13.2. The normalized spacial score (nSPS) is 17.2. The van der Waals surface area contributed by atoms with Crippen molar-refractivity contribution in [2.75, 3.05) is 11.4 Å². The second-order valence-corrected chi connectivity index (χ2v) is 5.97. The molecule has 0 saturated carbocycles. The molecule has 3 rings (SSSR count). The van der Waals surface area contributed by atoms with Crippen LogP contribution in [0.1, 0.15) is 17.5 Å². The van der Waals surface area contributed by atoms with Gasteiger partial charge in [0.2, 0.25) is 11.8 Å². The van der Waals surface area contributed by atoms with Crippen molar-refractivity contribution in [2.45, 2.75) is 19.9 Å². The van der Waals surface area contributed by atoms with Gasteiger partial charge in [0.05, 0.1) is 0 Å². The molecule has 1 N–H and O–H groups in total. The Hall–Kier alpha value is -2.69. The van der Waals surface area contributed by atoms with Crippen LogP contribution in [0.2, 0.25) is 0 Å². The summed E-state index contributed by atoms with van der Waals surface area (Å²) in [7, 11) is 0. The zero-order valence-electron chi connectivity index (χ0n) is 13.5. The number of rotatable bonds is 4. The number of hydrogen-bond donors (Lipinski definition) is 1. The van der Waals surface area contributed by atoms with E-state index in [0.29, 0.717) is 30.8 Å². The highest BCUT2D eigenvalue weighted by Crippen LogP contribution is 2.28. The van der Waals surface area contributed by atoms with Crippen molar-refractivity contribution < 1.29 is 14.0 Å². The molecule has 2 aromatic rings. The number of carbonyl (C=O) groups excluding carboxylic acids is 2. The first-order valence-corrected chi connectivity index (χ1v) is 7.95. The lowest BCUT2D eigenvalue weighted by atomic mass is 10.1. The van der Waals surface area contributed by atoms with E-state index in [0.717, 1.165) is 5.56 Å². The largest absolute Gasteiger partial charge is 0.351 e. The number of carbonyl (C=O) groups is 2. The van der Waals surface area contributed by atoms with Gasteiger partial charge in [-0.25, -0.2) is 4.39 Å². The van der Waals surface area contributed by atoms with Gasteiger partial charge in [-0.1, -0.05) is 30.3 Å². The molecule has 1 heterocycles. The van der Waals surface area contributed by atoms with Crippen LogP contribution >= 0.6 is 0 Å². The van der Waals surface area contributed by atoms with Gasteiger partial charge in [0.1, 0.15) is 11.7 Å². The fourth-order valence-electron chi connectivity index (χ4n) is 2.99. The average Bonchev–Trinajstić information content (AvgIpc) is 2.95. The summed E-state index contributed by atoms with van der Waals surface area (Å²) in [5.74, 6) is -1.50. The molecule has 1 fully saturated rings. The van der Waals surface area contributed by atoms with Gasteiger partial charge in [0, 0.05) is 18.8 Å². The Balaban J connectivity index is 1.66. The van der Waals surface area contributed by atoms with E-state index < -0.39 is 5.92 Å². The number of hydrogen-bond acceptors (Lipinski definition) is 2. The van der Waals surface area contributed by atoms with Crippen molar-refractivity contribution in [3.8, 4) is 0 Å². The van der Waals surface area contributed by atoms with Gasteiger partial charge in [0.15, 0.2) is 0 Å². The van der Waals surface area contributed by atoms with Crippen LogP contribution in [0.3, 0.4) is 0 Å². The molecule has 1 aliphatic heterocycles. The number of benzene rings is 2. The molecule has 1 aliphatic rings. The third-order valence-corrected chi connectivity index (χ3v) is 4.28. The summed E-state index contributed by atoms with van der Waals surface area (Å²) in [5, 5.41) is 2.82. The fraction of sp³-hybridized carbons (Fsp3) is 0.263. The van der Waals surface area contributed by atoms with Crippen LogP contribution in [0.25, 0.3) is 0 Å². The quantitative estimate of drug-likeness (QED) is 0.879. The Morgan fingerprint density at radius 1 is 1.25 bits per heavy atom. The van der Waals surface area contributed by atoms with Crippen molar-refractivity contribution in [2.24, 2.45) is 5.92 Å². The van der Waals surface area contributed by atoms with Crippen LogP contribution in [0.5, 0.6) is 0 Å². The number of amides is 2. The van der Waals surface area contributed by atoms with E-state index in [4.69, 9.17) is 0 Å². The zero-order chi connectivity index (χ0) is 17.1. The standard InChI is InChI=1S/C19H19FN2O2/c1-13-11-15(20)7-8-17(13)22-10-9-16(19(22)24)18(23)21-12-14-5-3-2-4-6-14/h2-8,11,16H,9-10,12H2,1H3,(H,21,23). The first-order chi connectivity index (χ1) is 11.6. The van der Waals surface area contributed by atoms with Crippen LogP contribution in [-0.4, -0.2) is 18.4 Å². The molecule has 1 unspecified atom stereocenters. The average molecular weight is 326 g/mol. The highest BCUT2D eigenvalue weighted by atomic mass is 19.1. The van der Waals surface area contributed by atoms with Gasteiger partial charge in [0.25, 0.3) is 0 Å². The minimum atomic E-state index is -0.682. The van der Waals surface area contributed by atoms with Crippen LogP contribution in [-0.2, 0) is 16.1 Å². The molecule has 1 saturated heterocycles. The predicted octanol–water partition coefficient (Wildman–Crippen LogP) is 2.80. The van der Waals surface area contributed by atoms with Crippen LogP contribution in [0.4, 0.5) is 10.1 Å². The lowest BCUT2D eigenvalue weighted by Crippen LogP contribution is -2.36. The molecule has 0 bridgehead atoms. The van der Waals surface area contributed by atoms with Crippen molar-refractivity contribution in [1.29, 1.82) is 0 Å². The third kappa shape index (κ3) is 3.30. The van der Waals surface area contributed by atoms with E-state index in [1.54, 1.807) is 17.9 Å². The minimum absolute atomic E-state index is 0.227. The molecule has 0 radical (unpaired) electrons. The highest BCUT2D eigenvalue weighted by molar-refractivity contribution is 6.09.